The molecule has 6 rings (SSSR count). The van der Waals surface area contributed by atoms with Crippen molar-refractivity contribution in [3.63, 3.8) is 0 Å². The lowest BCUT2D eigenvalue weighted by Crippen LogP contribution is -2.68. The van der Waals surface area contributed by atoms with Gasteiger partial charge in [-0.3, -0.25) is 38.1 Å². The minimum atomic E-state index is -4.57. The van der Waals surface area contributed by atoms with Crippen LogP contribution in [0.25, 0.3) is 10.8 Å². The molecule has 0 unspecified atom stereocenters. The third-order valence-electron chi connectivity index (χ3n) is 12.2. The Balaban J connectivity index is 1.14. The number of anilines is 2. The van der Waals surface area contributed by atoms with Crippen LogP contribution in [0.15, 0.2) is 106 Å². The molecule has 1 aliphatic rings. The maximum Gasteiger partial charge on any atom is 0.303 e. The van der Waals surface area contributed by atoms with E-state index < -0.39 is 95.0 Å². The molecule has 1 fully saturated rings. The first-order chi connectivity index (χ1) is 39.4. The van der Waals surface area contributed by atoms with E-state index in [9.17, 15) is 46.5 Å². The molecule has 0 spiro atoms. The van der Waals surface area contributed by atoms with E-state index in [0.29, 0.717) is 33.7 Å². The molecule has 446 valence electrons. The smallest absolute Gasteiger partial charge is 0.303 e. The number of nitrogens with zero attached hydrogens (tertiary/aromatic N) is 6. The summed E-state index contributed by atoms with van der Waals surface area (Å²) in [4.78, 5) is 91.9. The number of ether oxygens (including phenoxy) is 8. The second-order valence-electron chi connectivity index (χ2n) is 19.0. The highest BCUT2D eigenvalue weighted by molar-refractivity contribution is 7.86. The first-order valence-corrected chi connectivity index (χ1v) is 27.3. The van der Waals surface area contributed by atoms with Crippen LogP contribution in [0.5, 0.6) is 0 Å². The molecule has 1 saturated heterocycles. The fraction of sp³-hybridized carbons (Fsp3) is 0.426. The predicted molar refractivity (Wildman–Crippen MR) is 294 cm³/mol. The van der Waals surface area contributed by atoms with Gasteiger partial charge >= 0.3 is 23.9 Å². The lowest BCUT2D eigenvalue weighted by molar-refractivity contribution is -0.338. The van der Waals surface area contributed by atoms with Crippen LogP contribution in [0.3, 0.4) is 0 Å². The summed E-state index contributed by atoms with van der Waals surface area (Å²) in [5.74, 6) is -5.56. The Morgan fingerprint density at radius 2 is 1.43 bits per heavy atom. The van der Waals surface area contributed by atoms with E-state index in [1.54, 1.807) is 48.7 Å². The number of esters is 4. The van der Waals surface area contributed by atoms with Crippen molar-refractivity contribution >= 4 is 85.2 Å². The van der Waals surface area contributed by atoms with Gasteiger partial charge in [-0.2, -0.15) is 18.6 Å². The highest BCUT2D eigenvalue weighted by Crippen LogP contribution is 2.33. The normalized spacial score (nSPS) is 18.0. The molecule has 1 aromatic heterocycles. The van der Waals surface area contributed by atoms with Crippen LogP contribution in [0.2, 0.25) is 0 Å². The summed E-state index contributed by atoms with van der Waals surface area (Å²) in [6.45, 7) is 5.48. The zero-order valence-corrected chi connectivity index (χ0v) is 47.6. The lowest BCUT2D eigenvalue weighted by Gasteiger charge is -2.46. The molecule has 5 aromatic rings. The molecule has 29 heteroatoms. The molecule has 5 N–H and O–H groups in total. The van der Waals surface area contributed by atoms with Gasteiger partial charge in [0.1, 0.15) is 29.3 Å². The van der Waals surface area contributed by atoms with E-state index in [1.165, 1.54) is 29.8 Å². The van der Waals surface area contributed by atoms with Gasteiger partial charge in [0, 0.05) is 89.5 Å². The number of fused-ring (bicyclic) bond motifs is 1. The van der Waals surface area contributed by atoms with Crippen molar-refractivity contribution in [3.05, 3.63) is 102 Å². The van der Waals surface area contributed by atoms with Gasteiger partial charge in [-0.05, 0) is 67.6 Å². The number of carbonyl (C=O) groups is 7. The molecular formula is C54H66N10O18S. The first kappa shape index (κ1) is 63.7. The third kappa shape index (κ3) is 18.5. The monoisotopic (exact) mass is 1170 g/mol. The lowest BCUT2D eigenvalue weighted by atomic mass is 9.95. The SMILES string of the molecule is CC(=O)N[C@H]1[C@H](O[C@@H](OCCOCCn2cc(CNC(=O)c3ccc(/N=N/c4ccc(N(C)C)cc4)cc3)nn2)[C@@](C)(OC(C)=O)C(=O)NCCNc2cccc3c(S(=O)(=O)O)cccc23)O[C@H](COC(C)=O)[C@@H](OC(C)=O)[C@@H]1OC(C)=O. The van der Waals surface area contributed by atoms with Crippen molar-refractivity contribution < 1.29 is 84.4 Å². The van der Waals surface area contributed by atoms with Gasteiger partial charge in [-0.25, -0.2) is 4.68 Å². The molecule has 4 aromatic carbocycles. The van der Waals surface area contributed by atoms with Crippen LogP contribution in [-0.2, 0) is 89.9 Å². The number of hydrogen-bond acceptors (Lipinski definition) is 23. The summed E-state index contributed by atoms with van der Waals surface area (Å²) in [7, 11) is -0.687. The van der Waals surface area contributed by atoms with Crippen LogP contribution in [0, 0.1) is 0 Å². The topological polar surface area (TPSA) is 354 Å². The third-order valence-corrected chi connectivity index (χ3v) is 13.1. The van der Waals surface area contributed by atoms with Crippen LogP contribution < -0.4 is 26.2 Å². The fourth-order valence-electron chi connectivity index (χ4n) is 8.45. The number of nitrogens with one attached hydrogen (secondary N) is 4. The molecule has 0 radical (unpaired) electrons. The van der Waals surface area contributed by atoms with E-state index in [2.05, 4.69) is 41.8 Å². The number of aromatic nitrogens is 3. The summed E-state index contributed by atoms with van der Waals surface area (Å²) < 4.78 is 82.1. The largest absolute Gasteiger partial charge is 0.463 e. The second kappa shape index (κ2) is 29.5. The van der Waals surface area contributed by atoms with E-state index in [0.717, 1.165) is 40.3 Å². The minimum absolute atomic E-state index is 0.00677. The van der Waals surface area contributed by atoms with Crippen molar-refractivity contribution in [2.75, 3.05) is 63.8 Å². The number of hydrogen-bond donors (Lipinski definition) is 5. The van der Waals surface area contributed by atoms with Gasteiger partial charge in [0.05, 0.1) is 50.5 Å². The summed E-state index contributed by atoms with van der Waals surface area (Å²) in [6, 6.07) is 21.7. The molecule has 83 heavy (non-hydrogen) atoms. The molecule has 1 aliphatic heterocycles. The number of benzene rings is 4. The maximum atomic E-state index is 14.5. The molecule has 0 bridgehead atoms. The number of azo groups is 1. The molecular weight excluding hydrogens is 1110 g/mol. The van der Waals surface area contributed by atoms with Gasteiger partial charge in [-0.1, -0.05) is 29.5 Å². The summed E-state index contributed by atoms with van der Waals surface area (Å²) in [5.41, 5.74) is 1.12. The minimum Gasteiger partial charge on any atom is -0.463 e. The Morgan fingerprint density at radius 3 is 2.06 bits per heavy atom. The van der Waals surface area contributed by atoms with Crippen molar-refractivity contribution in [2.24, 2.45) is 10.2 Å². The van der Waals surface area contributed by atoms with Crippen LogP contribution >= 0.6 is 0 Å². The zero-order chi connectivity index (χ0) is 60.4. The maximum absolute atomic E-state index is 14.5. The van der Waals surface area contributed by atoms with Crippen molar-refractivity contribution in [1.29, 1.82) is 0 Å². The van der Waals surface area contributed by atoms with Gasteiger partial charge in [0.15, 0.2) is 18.5 Å². The molecule has 2 heterocycles. The van der Waals surface area contributed by atoms with Crippen LogP contribution in [0.4, 0.5) is 22.7 Å². The van der Waals surface area contributed by atoms with Gasteiger partial charge in [-0.15, -0.1) is 5.10 Å². The zero-order valence-electron chi connectivity index (χ0n) is 46.8. The molecule has 7 atom stereocenters. The van der Waals surface area contributed by atoms with Gasteiger partial charge in [0.2, 0.25) is 17.8 Å². The Bertz CT molecular complexity index is 3230. The molecule has 0 aliphatic carbocycles. The van der Waals surface area contributed by atoms with Gasteiger partial charge in [0.25, 0.3) is 21.9 Å². The van der Waals surface area contributed by atoms with Crippen molar-refractivity contribution in [3.8, 4) is 0 Å². The number of carbonyl (C=O) groups excluding carboxylic acids is 7. The predicted octanol–water partition coefficient (Wildman–Crippen LogP) is 3.67. The highest BCUT2D eigenvalue weighted by Gasteiger charge is 2.55. The fourth-order valence-corrected chi connectivity index (χ4v) is 9.16. The average molecular weight is 1180 g/mol. The van der Waals surface area contributed by atoms with Crippen LogP contribution in [-0.4, -0.2) is 166 Å². The Hall–Kier alpha value is -8.48. The quantitative estimate of drug-likeness (QED) is 0.0119. The summed E-state index contributed by atoms with van der Waals surface area (Å²) in [5, 5.41) is 28.6. The van der Waals surface area contributed by atoms with Crippen molar-refractivity contribution in [2.45, 2.75) is 102 Å². The summed E-state index contributed by atoms with van der Waals surface area (Å²) in [6.07, 6.45) is -6.70. The Labute approximate surface area is 477 Å². The molecule has 3 amide bonds. The molecule has 28 nitrogen and oxygen atoms in total. The van der Waals surface area contributed by atoms with Crippen LogP contribution in [0.1, 0.15) is 57.6 Å². The number of amides is 3. The summed E-state index contributed by atoms with van der Waals surface area (Å²) >= 11 is 0. The second-order valence-corrected chi connectivity index (χ2v) is 20.4. The van der Waals surface area contributed by atoms with E-state index >= 15 is 0 Å². The van der Waals surface area contributed by atoms with E-state index in [1.807, 2.05) is 43.3 Å². The Morgan fingerprint density at radius 1 is 0.783 bits per heavy atom. The highest BCUT2D eigenvalue weighted by atomic mass is 32.2. The van der Waals surface area contributed by atoms with E-state index in [4.69, 9.17) is 37.9 Å². The first-order valence-electron chi connectivity index (χ1n) is 25.8. The van der Waals surface area contributed by atoms with E-state index in [-0.39, 0.29) is 62.2 Å². The van der Waals surface area contributed by atoms with Crippen molar-refractivity contribution in [1.82, 2.24) is 30.9 Å². The van der Waals surface area contributed by atoms with Gasteiger partial charge < -0.3 is 64.1 Å². The Kier molecular flexibility index (Phi) is 22.6. The standard InChI is InChI=1S/C54H66N10O18S/c1-32(65)58-47-49(79-35(4)68)48(78-34(3)67)45(31-77-33(2)66)80-51(47)81-53(54(6,82-36(5)69)52(71)56-24-23-55-44-13-9-12-43-42(44)11-10-14-46(43)83(72,73)74)76-28-27-75-26-25-64-30-40(61-62-64)29-57-50(70)37-15-17-38(18-16-37)59-60-39-19-21-41(22-20-39)63(7)8/h9-22,30,45,47-49,51,53,55H,23-29,31H2,1-8H3,(H,56,71)(H,57,70)(H,58,65)(H,72,73,74)/b60-59+/t45-,47-,48-,49-,51+,53-,54+/m1/s1. The molecule has 0 saturated carbocycles. The number of rotatable bonds is 28. The average Bonchev–Trinajstić information content (AvgIpc) is 3.48.